The first-order valence-corrected chi connectivity index (χ1v) is 9.07. The van der Waals surface area contributed by atoms with Crippen LogP contribution in [0.25, 0.3) is 0 Å². The molecule has 0 amide bonds. The fourth-order valence-electron chi connectivity index (χ4n) is 4.17. The quantitative estimate of drug-likeness (QED) is 0.856. The number of hydrogen-bond acceptors (Lipinski definition) is 6. The van der Waals surface area contributed by atoms with Crippen LogP contribution in [0.3, 0.4) is 0 Å². The molecule has 2 fully saturated rings. The molecule has 6 heteroatoms. The first kappa shape index (κ1) is 16.1. The van der Waals surface area contributed by atoms with Crippen LogP contribution in [-0.2, 0) is 0 Å². The number of aryl methyl sites for hydroxylation is 1. The van der Waals surface area contributed by atoms with E-state index in [0.29, 0.717) is 6.04 Å². The molecule has 2 saturated heterocycles. The first-order chi connectivity index (χ1) is 12.1. The van der Waals surface area contributed by atoms with Crippen molar-refractivity contribution in [2.75, 3.05) is 48.4 Å². The molecule has 0 bridgehead atoms. The smallest absolute Gasteiger partial charge is 0.172 e. The number of nitrogens with zero attached hydrogens (tertiary/aromatic N) is 6. The van der Waals surface area contributed by atoms with Gasteiger partial charge in [0.2, 0.25) is 0 Å². The fourth-order valence-corrected chi connectivity index (χ4v) is 4.17. The number of hydrogen-bond donors (Lipinski definition) is 0. The largest absolute Gasteiger partial charge is 0.360 e. The van der Waals surface area contributed by atoms with E-state index in [1.165, 1.54) is 12.8 Å². The summed E-state index contributed by atoms with van der Waals surface area (Å²) in [6, 6.07) is 6.81. The second-order valence-electron chi connectivity index (χ2n) is 7.28. The minimum absolute atomic E-state index is 0.500. The second-order valence-corrected chi connectivity index (χ2v) is 7.28. The van der Waals surface area contributed by atoms with E-state index in [-0.39, 0.29) is 0 Å². The lowest BCUT2D eigenvalue weighted by Gasteiger charge is -2.40. The van der Waals surface area contributed by atoms with E-state index in [4.69, 9.17) is 4.98 Å². The lowest BCUT2D eigenvalue weighted by Crippen LogP contribution is -2.49. The Morgan fingerprint density at radius 3 is 2.68 bits per heavy atom. The Morgan fingerprint density at radius 1 is 1.08 bits per heavy atom. The van der Waals surface area contributed by atoms with Crippen molar-refractivity contribution in [2.45, 2.75) is 25.8 Å². The van der Waals surface area contributed by atoms with E-state index in [1.807, 2.05) is 19.0 Å². The predicted octanol–water partition coefficient (Wildman–Crippen LogP) is 2.35. The average molecular weight is 338 g/mol. The topological polar surface area (TPSA) is 48.4 Å². The number of anilines is 3. The van der Waals surface area contributed by atoms with Crippen LogP contribution in [0.1, 0.15) is 18.5 Å². The molecule has 0 radical (unpaired) electrons. The summed E-state index contributed by atoms with van der Waals surface area (Å²) in [4.78, 5) is 20.9. The van der Waals surface area contributed by atoms with E-state index >= 15 is 0 Å². The monoisotopic (exact) mass is 338 g/mol. The van der Waals surface area contributed by atoms with Crippen LogP contribution in [0.2, 0.25) is 0 Å². The van der Waals surface area contributed by atoms with Gasteiger partial charge in [-0.25, -0.2) is 15.0 Å². The van der Waals surface area contributed by atoms with E-state index in [1.54, 1.807) is 12.4 Å². The minimum Gasteiger partial charge on any atom is -0.360 e. The van der Waals surface area contributed by atoms with Crippen molar-refractivity contribution in [3.8, 4) is 0 Å². The highest BCUT2D eigenvalue weighted by Gasteiger charge is 2.39. The van der Waals surface area contributed by atoms with Gasteiger partial charge in [0, 0.05) is 51.8 Å². The third-order valence-corrected chi connectivity index (χ3v) is 5.41. The molecule has 0 aliphatic carbocycles. The highest BCUT2D eigenvalue weighted by Crippen LogP contribution is 2.36. The first-order valence-electron chi connectivity index (χ1n) is 9.07. The minimum atomic E-state index is 0.500. The van der Waals surface area contributed by atoms with Crippen molar-refractivity contribution in [3.05, 3.63) is 36.3 Å². The SMILES string of the molecule is Cc1cccc(N2CCC3CCN(c4nccnc4N(C)C)CC32)n1. The Hall–Kier alpha value is -2.37. The standard InChI is InChI=1S/C19H26N6/c1-14-5-4-6-17(22-14)25-12-8-15-7-11-24(13-16(15)25)19-18(23(2)3)20-9-10-21-19/h4-6,9-10,15-16H,7-8,11-13H2,1-3H3. The van der Waals surface area contributed by atoms with Gasteiger partial charge in [-0.15, -0.1) is 0 Å². The molecule has 2 aliphatic heterocycles. The maximum Gasteiger partial charge on any atom is 0.172 e. The van der Waals surface area contributed by atoms with Crippen LogP contribution in [0.4, 0.5) is 17.5 Å². The van der Waals surface area contributed by atoms with Crippen LogP contribution in [-0.4, -0.2) is 54.7 Å². The molecule has 2 atom stereocenters. The number of fused-ring (bicyclic) bond motifs is 1. The molecule has 0 N–H and O–H groups in total. The summed E-state index contributed by atoms with van der Waals surface area (Å²) in [6.07, 6.45) is 6.03. The summed E-state index contributed by atoms with van der Waals surface area (Å²) in [5, 5.41) is 0. The van der Waals surface area contributed by atoms with Gasteiger partial charge >= 0.3 is 0 Å². The normalized spacial score (nSPS) is 22.8. The molecular formula is C19H26N6. The molecule has 0 spiro atoms. The van der Waals surface area contributed by atoms with Gasteiger partial charge in [-0.1, -0.05) is 6.07 Å². The fraction of sp³-hybridized carbons (Fsp3) is 0.526. The average Bonchev–Trinajstić information content (AvgIpc) is 3.05. The number of pyridine rings is 1. The van der Waals surface area contributed by atoms with E-state index in [0.717, 1.165) is 48.7 Å². The van der Waals surface area contributed by atoms with Crippen molar-refractivity contribution in [1.29, 1.82) is 0 Å². The van der Waals surface area contributed by atoms with Crippen LogP contribution in [0.5, 0.6) is 0 Å². The van der Waals surface area contributed by atoms with Crippen LogP contribution >= 0.6 is 0 Å². The van der Waals surface area contributed by atoms with Gasteiger partial charge in [0.05, 0.1) is 6.04 Å². The highest BCUT2D eigenvalue weighted by molar-refractivity contribution is 5.62. The summed E-state index contributed by atoms with van der Waals surface area (Å²) >= 11 is 0. The predicted molar refractivity (Wildman–Crippen MR) is 101 cm³/mol. The maximum absolute atomic E-state index is 4.76. The molecule has 132 valence electrons. The van der Waals surface area contributed by atoms with Crippen LogP contribution in [0.15, 0.2) is 30.6 Å². The number of rotatable bonds is 3. The van der Waals surface area contributed by atoms with Gasteiger partial charge in [-0.05, 0) is 37.8 Å². The molecule has 4 rings (SSSR count). The van der Waals surface area contributed by atoms with E-state index in [2.05, 4.69) is 44.9 Å². The van der Waals surface area contributed by atoms with Crippen molar-refractivity contribution < 1.29 is 0 Å². The van der Waals surface area contributed by atoms with Crippen molar-refractivity contribution in [2.24, 2.45) is 5.92 Å². The molecular weight excluding hydrogens is 312 g/mol. The molecule has 2 aromatic rings. The van der Waals surface area contributed by atoms with Crippen molar-refractivity contribution >= 4 is 17.5 Å². The Labute approximate surface area is 149 Å². The van der Waals surface area contributed by atoms with Crippen LogP contribution in [0, 0.1) is 12.8 Å². The number of aromatic nitrogens is 3. The van der Waals surface area contributed by atoms with Gasteiger partial charge in [0.15, 0.2) is 11.6 Å². The Kier molecular flexibility index (Phi) is 4.19. The van der Waals surface area contributed by atoms with Gasteiger partial charge in [0.25, 0.3) is 0 Å². The van der Waals surface area contributed by atoms with E-state index < -0.39 is 0 Å². The second kappa shape index (κ2) is 6.50. The molecule has 0 saturated carbocycles. The lowest BCUT2D eigenvalue weighted by molar-refractivity contribution is 0.388. The van der Waals surface area contributed by atoms with E-state index in [9.17, 15) is 0 Å². The molecule has 2 aliphatic rings. The Bertz CT molecular complexity index is 746. The summed E-state index contributed by atoms with van der Waals surface area (Å²) < 4.78 is 0. The highest BCUT2D eigenvalue weighted by atomic mass is 15.3. The van der Waals surface area contributed by atoms with Gasteiger partial charge in [0.1, 0.15) is 5.82 Å². The molecule has 6 nitrogen and oxygen atoms in total. The maximum atomic E-state index is 4.76. The lowest BCUT2D eigenvalue weighted by atomic mass is 9.92. The molecule has 2 aromatic heterocycles. The van der Waals surface area contributed by atoms with Crippen molar-refractivity contribution in [3.63, 3.8) is 0 Å². The molecule has 2 unspecified atom stereocenters. The van der Waals surface area contributed by atoms with Gasteiger partial charge in [-0.2, -0.15) is 0 Å². The Balaban J connectivity index is 1.60. The zero-order valence-corrected chi connectivity index (χ0v) is 15.3. The summed E-state index contributed by atoms with van der Waals surface area (Å²) in [5.41, 5.74) is 1.08. The molecule has 0 aromatic carbocycles. The van der Waals surface area contributed by atoms with Crippen LogP contribution < -0.4 is 14.7 Å². The van der Waals surface area contributed by atoms with Crippen molar-refractivity contribution in [1.82, 2.24) is 15.0 Å². The summed E-state index contributed by atoms with van der Waals surface area (Å²) in [7, 11) is 4.05. The zero-order chi connectivity index (χ0) is 17.4. The molecule has 25 heavy (non-hydrogen) atoms. The third-order valence-electron chi connectivity index (χ3n) is 5.41. The van der Waals surface area contributed by atoms with Gasteiger partial charge < -0.3 is 14.7 Å². The third kappa shape index (κ3) is 3.01. The summed E-state index contributed by atoms with van der Waals surface area (Å²) in [5.74, 6) is 3.80. The summed E-state index contributed by atoms with van der Waals surface area (Å²) in [6.45, 7) is 5.20. The molecule has 4 heterocycles. The Morgan fingerprint density at radius 2 is 1.88 bits per heavy atom. The van der Waals surface area contributed by atoms with Gasteiger partial charge in [-0.3, -0.25) is 0 Å². The number of piperidine rings is 1. The zero-order valence-electron chi connectivity index (χ0n) is 15.3.